The maximum absolute atomic E-state index is 14.0. The van der Waals surface area contributed by atoms with E-state index < -0.39 is 5.82 Å². The van der Waals surface area contributed by atoms with Gasteiger partial charge in [-0.2, -0.15) is 0 Å². The Balaban J connectivity index is 1.88. The SMILES string of the molecule is Cc1cccc(Nc2ncnc(Nc3ccc(Br)cc3F)c2N)n1. The molecule has 0 spiro atoms. The molecule has 0 atom stereocenters. The van der Waals surface area contributed by atoms with E-state index >= 15 is 0 Å². The van der Waals surface area contributed by atoms with E-state index in [2.05, 4.69) is 41.5 Å². The predicted octanol–water partition coefficient (Wildman–Crippen LogP) is 4.15. The van der Waals surface area contributed by atoms with Gasteiger partial charge in [0.1, 0.15) is 23.6 Å². The van der Waals surface area contributed by atoms with Crippen molar-refractivity contribution in [2.45, 2.75) is 6.92 Å². The Kier molecular flexibility index (Phi) is 4.57. The number of nitrogen functional groups attached to an aromatic ring is 1. The van der Waals surface area contributed by atoms with Crippen LogP contribution in [0.2, 0.25) is 0 Å². The molecule has 4 N–H and O–H groups in total. The number of hydrogen-bond donors (Lipinski definition) is 3. The second-order valence-corrected chi connectivity index (χ2v) is 5.94. The highest BCUT2D eigenvalue weighted by Gasteiger charge is 2.11. The van der Waals surface area contributed by atoms with Gasteiger partial charge in [0.2, 0.25) is 0 Å². The Morgan fingerprint density at radius 3 is 2.54 bits per heavy atom. The lowest BCUT2D eigenvalue weighted by molar-refractivity contribution is 0.631. The molecular weight excluding hydrogens is 375 g/mol. The summed E-state index contributed by atoms with van der Waals surface area (Å²) in [6.45, 7) is 1.89. The highest BCUT2D eigenvalue weighted by molar-refractivity contribution is 9.10. The van der Waals surface area contributed by atoms with Gasteiger partial charge in [-0.05, 0) is 37.3 Å². The molecule has 8 heteroatoms. The van der Waals surface area contributed by atoms with Crippen molar-refractivity contribution in [1.29, 1.82) is 0 Å². The van der Waals surface area contributed by atoms with Crippen LogP contribution in [-0.4, -0.2) is 15.0 Å². The number of rotatable bonds is 4. The van der Waals surface area contributed by atoms with E-state index in [9.17, 15) is 4.39 Å². The summed E-state index contributed by atoms with van der Waals surface area (Å²) in [5.74, 6) is 0.892. The van der Waals surface area contributed by atoms with Gasteiger partial charge in [-0.25, -0.2) is 19.3 Å². The van der Waals surface area contributed by atoms with Gasteiger partial charge in [-0.3, -0.25) is 0 Å². The first-order chi connectivity index (χ1) is 11.5. The van der Waals surface area contributed by atoms with Crippen LogP contribution in [0.25, 0.3) is 0 Å². The van der Waals surface area contributed by atoms with Crippen LogP contribution in [0.15, 0.2) is 47.2 Å². The van der Waals surface area contributed by atoms with Crippen molar-refractivity contribution in [1.82, 2.24) is 15.0 Å². The Labute approximate surface area is 146 Å². The number of anilines is 5. The lowest BCUT2D eigenvalue weighted by Gasteiger charge is -2.13. The zero-order valence-corrected chi connectivity index (χ0v) is 14.3. The molecule has 0 unspecified atom stereocenters. The molecule has 122 valence electrons. The van der Waals surface area contributed by atoms with E-state index in [1.54, 1.807) is 18.2 Å². The summed E-state index contributed by atoms with van der Waals surface area (Å²) < 4.78 is 14.6. The third-order valence-electron chi connectivity index (χ3n) is 3.20. The standard InChI is InChI=1S/C16H14BrFN6/c1-9-3-2-4-13(22-9)24-16-14(19)15(20-8-21-16)23-12-6-5-10(17)7-11(12)18/h2-8H,19H2,1H3,(H2,20,21,22,23,24). The molecule has 0 aliphatic carbocycles. The Bertz CT molecular complexity index is 886. The summed E-state index contributed by atoms with van der Waals surface area (Å²) in [6, 6.07) is 10.2. The number of pyridine rings is 1. The fraction of sp³-hybridized carbons (Fsp3) is 0.0625. The number of benzene rings is 1. The minimum Gasteiger partial charge on any atom is -0.393 e. The number of hydrogen-bond acceptors (Lipinski definition) is 6. The Morgan fingerprint density at radius 1 is 1.08 bits per heavy atom. The summed E-state index contributed by atoms with van der Waals surface area (Å²) in [4.78, 5) is 12.5. The lowest BCUT2D eigenvalue weighted by atomic mass is 10.3. The van der Waals surface area contributed by atoms with Gasteiger partial charge >= 0.3 is 0 Å². The molecule has 6 nitrogen and oxygen atoms in total. The van der Waals surface area contributed by atoms with Crippen molar-refractivity contribution < 1.29 is 4.39 Å². The maximum Gasteiger partial charge on any atom is 0.160 e. The normalized spacial score (nSPS) is 10.5. The molecule has 0 radical (unpaired) electrons. The number of aryl methyl sites for hydroxylation is 1. The van der Waals surface area contributed by atoms with Crippen molar-refractivity contribution >= 4 is 44.8 Å². The molecule has 0 saturated carbocycles. The summed E-state index contributed by atoms with van der Waals surface area (Å²) in [5.41, 5.74) is 7.49. The predicted molar refractivity (Wildman–Crippen MR) is 96.1 cm³/mol. The van der Waals surface area contributed by atoms with Gasteiger partial charge < -0.3 is 16.4 Å². The van der Waals surface area contributed by atoms with Crippen molar-refractivity contribution in [3.8, 4) is 0 Å². The molecule has 3 rings (SSSR count). The second-order valence-electron chi connectivity index (χ2n) is 5.02. The number of aromatic nitrogens is 3. The van der Waals surface area contributed by atoms with Crippen LogP contribution >= 0.6 is 15.9 Å². The van der Waals surface area contributed by atoms with Crippen LogP contribution in [0.4, 0.5) is 33.2 Å². The van der Waals surface area contributed by atoms with Gasteiger partial charge in [0.15, 0.2) is 11.6 Å². The van der Waals surface area contributed by atoms with Crippen LogP contribution in [0.5, 0.6) is 0 Å². The van der Waals surface area contributed by atoms with Gasteiger partial charge in [0.05, 0.1) is 5.69 Å². The first-order valence-corrected chi connectivity index (χ1v) is 7.85. The highest BCUT2D eigenvalue weighted by Crippen LogP contribution is 2.29. The Morgan fingerprint density at radius 2 is 1.83 bits per heavy atom. The molecule has 2 aromatic heterocycles. The van der Waals surface area contributed by atoms with Crippen LogP contribution in [0.3, 0.4) is 0 Å². The second kappa shape index (κ2) is 6.79. The lowest BCUT2D eigenvalue weighted by Crippen LogP contribution is -2.06. The van der Waals surface area contributed by atoms with E-state index in [1.807, 2.05) is 19.1 Å². The maximum atomic E-state index is 14.0. The van der Waals surface area contributed by atoms with Gasteiger partial charge in [-0.1, -0.05) is 22.0 Å². The van der Waals surface area contributed by atoms with E-state index in [-0.39, 0.29) is 11.4 Å². The summed E-state index contributed by atoms with van der Waals surface area (Å²) in [6.07, 6.45) is 1.34. The monoisotopic (exact) mass is 388 g/mol. The van der Waals surface area contributed by atoms with Crippen LogP contribution in [0, 0.1) is 12.7 Å². The minimum atomic E-state index is -0.419. The zero-order valence-electron chi connectivity index (χ0n) is 12.7. The molecular formula is C16H14BrFN6. The number of nitrogens with two attached hydrogens (primary N) is 1. The summed E-state index contributed by atoms with van der Waals surface area (Å²) in [7, 11) is 0. The van der Waals surface area contributed by atoms with E-state index in [0.717, 1.165) is 5.69 Å². The molecule has 24 heavy (non-hydrogen) atoms. The topological polar surface area (TPSA) is 88.8 Å². The summed E-state index contributed by atoms with van der Waals surface area (Å²) in [5, 5.41) is 5.91. The quantitative estimate of drug-likeness (QED) is 0.621. The van der Waals surface area contributed by atoms with Crippen molar-refractivity contribution in [3.05, 3.63) is 58.7 Å². The molecule has 0 aliphatic rings. The van der Waals surface area contributed by atoms with Gasteiger partial charge in [-0.15, -0.1) is 0 Å². The molecule has 2 heterocycles. The van der Waals surface area contributed by atoms with Crippen molar-refractivity contribution in [2.75, 3.05) is 16.4 Å². The molecule has 0 saturated heterocycles. The van der Waals surface area contributed by atoms with E-state index in [0.29, 0.717) is 21.9 Å². The molecule has 0 amide bonds. The zero-order chi connectivity index (χ0) is 17.1. The number of nitrogens with one attached hydrogen (secondary N) is 2. The summed E-state index contributed by atoms with van der Waals surface area (Å²) >= 11 is 3.22. The molecule has 0 fully saturated rings. The third-order valence-corrected chi connectivity index (χ3v) is 3.70. The fourth-order valence-corrected chi connectivity index (χ4v) is 2.38. The van der Waals surface area contributed by atoms with Crippen molar-refractivity contribution in [3.63, 3.8) is 0 Å². The number of nitrogens with zero attached hydrogens (tertiary/aromatic N) is 3. The molecule has 0 bridgehead atoms. The Hall–Kier alpha value is -2.74. The van der Waals surface area contributed by atoms with Crippen LogP contribution in [0.1, 0.15) is 5.69 Å². The molecule has 3 aromatic rings. The highest BCUT2D eigenvalue weighted by atomic mass is 79.9. The third kappa shape index (κ3) is 3.60. The van der Waals surface area contributed by atoms with Gasteiger partial charge in [0.25, 0.3) is 0 Å². The van der Waals surface area contributed by atoms with Gasteiger partial charge in [0, 0.05) is 10.2 Å². The first-order valence-electron chi connectivity index (χ1n) is 7.06. The smallest absolute Gasteiger partial charge is 0.160 e. The van der Waals surface area contributed by atoms with Crippen molar-refractivity contribution in [2.24, 2.45) is 0 Å². The molecule has 1 aromatic carbocycles. The average Bonchev–Trinajstić information content (AvgIpc) is 2.54. The number of halogens is 2. The fourth-order valence-electron chi connectivity index (χ4n) is 2.05. The van der Waals surface area contributed by atoms with Crippen LogP contribution in [-0.2, 0) is 0 Å². The average molecular weight is 389 g/mol. The molecule has 0 aliphatic heterocycles. The minimum absolute atomic E-state index is 0.267. The van der Waals surface area contributed by atoms with Crippen LogP contribution < -0.4 is 16.4 Å². The van der Waals surface area contributed by atoms with E-state index in [4.69, 9.17) is 5.73 Å². The largest absolute Gasteiger partial charge is 0.393 e. The van der Waals surface area contributed by atoms with E-state index in [1.165, 1.54) is 12.4 Å². The first kappa shape index (κ1) is 16.1.